The van der Waals surface area contributed by atoms with E-state index in [4.69, 9.17) is 11.6 Å². The predicted octanol–water partition coefficient (Wildman–Crippen LogP) is 2.76. The number of halogens is 1. The molecule has 1 aromatic heterocycles. The second-order valence-corrected chi connectivity index (χ2v) is 6.73. The SMILES string of the molecule is CC1CCN(c2nnc3n2-c2ccc(Cl)cc2CNC3)CC1. The molecule has 0 atom stereocenters. The maximum absolute atomic E-state index is 6.16. The van der Waals surface area contributed by atoms with Gasteiger partial charge in [-0.15, -0.1) is 10.2 Å². The van der Waals surface area contributed by atoms with Crippen LogP contribution in [-0.2, 0) is 13.1 Å². The van der Waals surface area contributed by atoms with Gasteiger partial charge < -0.3 is 10.2 Å². The van der Waals surface area contributed by atoms with Gasteiger partial charge in [0, 0.05) is 24.7 Å². The summed E-state index contributed by atoms with van der Waals surface area (Å²) in [4.78, 5) is 2.36. The van der Waals surface area contributed by atoms with Crippen LogP contribution in [0.3, 0.4) is 0 Å². The van der Waals surface area contributed by atoms with Gasteiger partial charge in [-0.05, 0) is 42.5 Å². The Morgan fingerprint density at radius 1 is 1.18 bits per heavy atom. The number of benzene rings is 1. The fourth-order valence-electron chi connectivity index (χ4n) is 3.30. The van der Waals surface area contributed by atoms with Crippen molar-refractivity contribution < 1.29 is 0 Å². The van der Waals surface area contributed by atoms with Crippen LogP contribution in [0.15, 0.2) is 18.2 Å². The lowest BCUT2D eigenvalue weighted by molar-refractivity contribution is 0.433. The van der Waals surface area contributed by atoms with Crippen LogP contribution < -0.4 is 10.2 Å². The zero-order valence-electron chi connectivity index (χ0n) is 12.7. The van der Waals surface area contributed by atoms with Crippen LogP contribution in [0.1, 0.15) is 31.2 Å². The van der Waals surface area contributed by atoms with E-state index < -0.39 is 0 Å². The van der Waals surface area contributed by atoms with Gasteiger partial charge in [-0.1, -0.05) is 18.5 Å². The molecule has 0 bridgehead atoms. The molecule has 4 rings (SSSR count). The average Bonchev–Trinajstić information content (AvgIpc) is 2.84. The number of nitrogens with zero attached hydrogens (tertiary/aromatic N) is 4. The second kappa shape index (κ2) is 5.56. The summed E-state index contributed by atoms with van der Waals surface area (Å²) in [5, 5.41) is 13.1. The molecule has 1 fully saturated rings. The molecule has 1 N–H and O–H groups in total. The van der Waals surface area contributed by atoms with Crippen molar-refractivity contribution in [3.8, 4) is 5.69 Å². The van der Waals surface area contributed by atoms with Gasteiger partial charge in [0.2, 0.25) is 5.95 Å². The highest BCUT2D eigenvalue weighted by molar-refractivity contribution is 6.30. The first kappa shape index (κ1) is 14.0. The van der Waals surface area contributed by atoms with E-state index in [1.165, 1.54) is 18.4 Å². The minimum atomic E-state index is 0.726. The van der Waals surface area contributed by atoms with Crippen LogP contribution in [0.2, 0.25) is 5.02 Å². The fourth-order valence-corrected chi connectivity index (χ4v) is 3.50. The number of rotatable bonds is 1. The summed E-state index contributed by atoms with van der Waals surface area (Å²) >= 11 is 6.16. The maximum Gasteiger partial charge on any atom is 0.231 e. The molecular formula is C16H20ClN5. The molecule has 22 heavy (non-hydrogen) atoms. The van der Waals surface area contributed by atoms with Gasteiger partial charge in [-0.3, -0.25) is 4.57 Å². The van der Waals surface area contributed by atoms with Crippen LogP contribution in [0.25, 0.3) is 5.69 Å². The molecule has 2 aliphatic rings. The van der Waals surface area contributed by atoms with E-state index in [0.29, 0.717) is 0 Å². The van der Waals surface area contributed by atoms with Gasteiger partial charge in [-0.2, -0.15) is 0 Å². The molecule has 0 amide bonds. The van der Waals surface area contributed by atoms with Crippen LogP contribution in [0.4, 0.5) is 5.95 Å². The number of piperidine rings is 1. The third-order valence-electron chi connectivity index (χ3n) is 4.66. The van der Waals surface area contributed by atoms with E-state index in [0.717, 1.165) is 54.6 Å². The number of hydrogen-bond donors (Lipinski definition) is 1. The zero-order chi connectivity index (χ0) is 15.1. The van der Waals surface area contributed by atoms with Crippen LogP contribution >= 0.6 is 11.6 Å². The highest BCUT2D eigenvalue weighted by Crippen LogP contribution is 2.29. The molecule has 1 aromatic carbocycles. The minimum Gasteiger partial charge on any atom is -0.341 e. The molecule has 2 aliphatic heterocycles. The number of hydrogen-bond acceptors (Lipinski definition) is 4. The summed E-state index contributed by atoms with van der Waals surface area (Å²) in [6.07, 6.45) is 2.43. The van der Waals surface area contributed by atoms with E-state index in [-0.39, 0.29) is 0 Å². The Kier molecular flexibility index (Phi) is 3.54. The highest BCUT2D eigenvalue weighted by atomic mass is 35.5. The topological polar surface area (TPSA) is 46.0 Å². The Balaban J connectivity index is 1.79. The number of nitrogens with one attached hydrogen (secondary N) is 1. The largest absolute Gasteiger partial charge is 0.341 e. The lowest BCUT2D eigenvalue weighted by Crippen LogP contribution is -2.34. The summed E-state index contributed by atoms with van der Waals surface area (Å²) < 4.78 is 2.20. The molecule has 5 nitrogen and oxygen atoms in total. The molecule has 0 aliphatic carbocycles. The normalized spacial score (nSPS) is 18.7. The molecule has 0 radical (unpaired) electrons. The molecular weight excluding hydrogens is 298 g/mol. The van der Waals surface area contributed by atoms with Crippen molar-refractivity contribution in [3.05, 3.63) is 34.6 Å². The zero-order valence-corrected chi connectivity index (χ0v) is 13.5. The average molecular weight is 318 g/mol. The first-order valence-corrected chi connectivity index (χ1v) is 8.29. The summed E-state index contributed by atoms with van der Waals surface area (Å²) in [5.41, 5.74) is 2.33. The predicted molar refractivity (Wildman–Crippen MR) is 87.5 cm³/mol. The standard InChI is InChI=1S/C16H20ClN5/c1-11-4-6-21(7-5-11)16-20-19-15-10-18-9-12-8-13(17)2-3-14(12)22(15)16/h2-3,8,11,18H,4-7,9-10H2,1H3. The van der Waals surface area contributed by atoms with Crippen molar-refractivity contribution in [2.45, 2.75) is 32.9 Å². The molecule has 0 saturated carbocycles. The van der Waals surface area contributed by atoms with Crippen molar-refractivity contribution in [3.63, 3.8) is 0 Å². The molecule has 2 aromatic rings. The van der Waals surface area contributed by atoms with Crippen molar-refractivity contribution >= 4 is 17.5 Å². The molecule has 6 heteroatoms. The lowest BCUT2D eigenvalue weighted by atomic mass is 10.00. The van der Waals surface area contributed by atoms with E-state index in [9.17, 15) is 0 Å². The lowest BCUT2D eigenvalue weighted by Gasteiger charge is -2.31. The van der Waals surface area contributed by atoms with E-state index >= 15 is 0 Å². The Morgan fingerprint density at radius 3 is 2.82 bits per heavy atom. The Labute approximate surface area is 135 Å². The Hall–Kier alpha value is -1.59. The van der Waals surface area contributed by atoms with Crippen LogP contribution in [0, 0.1) is 5.92 Å². The third-order valence-corrected chi connectivity index (χ3v) is 4.90. The van der Waals surface area contributed by atoms with Crippen molar-refractivity contribution in [2.75, 3.05) is 18.0 Å². The van der Waals surface area contributed by atoms with Crippen molar-refractivity contribution in [1.29, 1.82) is 0 Å². The van der Waals surface area contributed by atoms with Gasteiger partial charge in [-0.25, -0.2) is 0 Å². The smallest absolute Gasteiger partial charge is 0.231 e. The molecule has 3 heterocycles. The summed E-state index contributed by atoms with van der Waals surface area (Å²) in [6.45, 7) is 5.95. The van der Waals surface area contributed by atoms with E-state index in [1.54, 1.807) is 0 Å². The number of aromatic nitrogens is 3. The van der Waals surface area contributed by atoms with Crippen LogP contribution in [0.5, 0.6) is 0 Å². The first-order chi connectivity index (χ1) is 10.7. The van der Waals surface area contributed by atoms with Gasteiger partial charge in [0.15, 0.2) is 5.82 Å². The van der Waals surface area contributed by atoms with Gasteiger partial charge >= 0.3 is 0 Å². The fraction of sp³-hybridized carbons (Fsp3) is 0.500. The molecule has 1 saturated heterocycles. The quantitative estimate of drug-likeness (QED) is 0.878. The molecule has 0 spiro atoms. The number of anilines is 1. The summed E-state index contributed by atoms with van der Waals surface area (Å²) in [6, 6.07) is 6.05. The second-order valence-electron chi connectivity index (χ2n) is 6.30. The van der Waals surface area contributed by atoms with E-state index in [2.05, 4.69) is 38.0 Å². The molecule has 0 unspecified atom stereocenters. The van der Waals surface area contributed by atoms with Crippen LogP contribution in [-0.4, -0.2) is 27.9 Å². The summed E-state index contributed by atoms with van der Waals surface area (Å²) in [7, 11) is 0. The minimum absolute atomic E-state index is 0.726. The third kappa shape index (κ3) is 2.38. The molecule has 116 valence electrons. The van der Waals surface area contributed by atoms with Crippen molar-refractivity contribution in [2.24, 2.45) is 5.92 Å². The van der Waals surface area contributed by atoms with Gasteiger partial charge in [0.1, 0.15) is 0 Å². The maximum atomic E-state index is 6.16. The number of fused-ring (bicyclic) bond motifs is 3. The van der Waals surface area contributed by atoms with E-state index in [1.807, 2.05) is 12.1 Å². The van der Waals surface area contributed by atoms with Gasteiger partial charge in [0.05, 0.1) is 12.2 Å². The Morgan fingerprint density at radius 2 is 2.00 bits per heavy atom. The van der Waals surface area contributed by atoms with Gasteiger partial charge in [0.25, 0.3) is 0 Å². The monoisotopic (exact) mass is 317 g/mol. The van der Waals surface area contributed by atoms with Crippen molar-refractivity contribution in [1.82, 2.24) is 20.1 Å². The summed E-state index contributed by atoms with van der Waals surface area (Å²) in [5.74, 6) is 2.74. The first-order valence-electron chi connectivity index (χ1n) is 7.91. The highest BCUT2D eigenvalue weighted by Gasteiger charge is 2.25. The Bertz CT molecular complexity index is 688.